The molecule has 1 aromatic heterocycles. The van der Waals surface area contributed by atoms with Crippen molar-refractivity contribution in [2.75, 3.05) is 13.1 Å². The topological polar surface area (TPSA) is 51.7 Å². The third kappa shape index (κ3) is 3.31. The van der Waals surface area contributed by atoms with Crippen molar-refractivity contribution in [1.82, 2.24) is 9.88 Å². The molecule has 0 unspecified atom stereocenters. The summed E-state index contributed by atoms with van der Waals surface area (Å²) in [5.41, 5.74) is 2.16. The zero-order valence-corrected chi connectivity index (χ0v) is 14.4. The molecule has 1 aromatic carbocycles. The van der Waals surface area contributed by atoms with Gasteiger partial charge in [0.1, 0.15) is 17.6 Å². The van der Waals surface area contributed by atoms with Crippen LogP contribution in [0.1, 0.15) is 24.0 Å². The standard InChI is InChI=1S/C20H22N2O3/c1-14-13-21-9-6-17(14)24-16-7-10-22(11-8-16)20(23)19-12-15-4-2-3-5-18(15)25-19/h2-6,9,13,16,19H,7-8,10-12H2,1H3/t19-/m1/s1. The zero-order chi connectivity index (χ0) is 17.2. The highest BCUT2D eigenvalue weighted by Crippen LogP contribution is 2.30. The van der Waals surface area contributed by atoms with Gasteiger partial charge < -0.3 is 14.4 Å². The number of benzene rings is 1. The summed E-state index contributed by atoms with van der Waals surface area (Å²) in [6, 6.07) is 9.78. The molecule has 4 rings (SSSR count). The lowest BCUT2D eigenvalue weighted by molar-refractivity contribution is -0.139. The molecule has 1 amide bonds. The Kier molecular flexibility index (Phi) is 4.30. The Hall–Kier alpha value is -2.56. The van der Waals surface area contributed by atoms with Gasteiger partial charge in [-0.3, -0.25) is 9.78 Å². The highest BCUT2D eigenvalue weighted by molar-refractivity contribution is 5.82. The Balaban J connectivity index is 1.32. The maximum atomic E-state index is 12.7. The number of carbonyl (C=O) groups is 1. The van der Waals surface area contributed by atoms with Crippen LogP contribution in [0, 0.1) is 6.92 Å². The van der Waals surface area contributed by atoms with E-state index in [0.717, 1.165) is 35.5 Å². The number of aromatic nitrogens is 1. The molecular weight excluding hydrogens is 316 g/mol. The third-order valence-corrected chi connectivity index (χ3v) is 4.94. The van der Waals surface area contributed by atoms with E-state index in [9.17, 15) is 4.79 Å². The number of rotatable bonds is 3. The van der Waals surface area contributed by atoms with Crippen LogP contribution >= 0.6 is 0 Å². The Bertz CT molecular complexity index is 744. The molecule has 2 aromatic rings. The van der Waals surface area contributed by atoms with E-state index in [4.69, 9.17) is 9.47 Å². The number of nitrogens with zero attached hydrogens (tertiary/aromatic N) is 2. The van der Waals surface area contributed by atoms with Crippen molar-refractivity contribution in [2.24, 2.45) is 0 Å². The van der Waals surface area contributed by atoms with E-state index in [-0.39, 0.29) is 18.1 Å². The van der Waals surface area contributed by atoms with Crippen LogP contribution in [0.25, 0.3) is 0 Å². The quantitative estimate of drug-likeness (QED) is 0.863. The summed E-state index contributed by atoms with van der Waals surface area (Å²) >= 11 is 0. The van der Waals surface area contributed by atoms with Crippen LogP contribution in [0.15, 0.2) is 42.7 Å². The summed E-state index contributed by atoms with van der Waals surface area (Å²) < 4.78 is 11.9. The molecule has 5 nitrogen and oxygen atoms in total. The molecule has 1 fully saturated rings. The van der Waals surface area contributed by atoms with Crippen molar-refractivity contribution in [1.29, 1.82) is 0 Å². The molecule has 0 radical (unpaired) electrons. The van der Waals surface area contributed by atoms with Gasteiger partial charge in [0, 0.05) is 50.3 Å². The lowest BCUT2D eigenvalue weighted by Crippen LogP contribution is -2.47. The van der Waals surface area contributed by atoms with Crippen molar-refractivity contribution >= 4 is 5.91 Å². The number of para-hydroxylation sites is 1. The second kappa shape index (κ2) is 6.75. The lowest BCUT2D eigenvalue weighted by atomic mass is 10.1. The third-order valence-electron chi connectivity index (χ3n) is 4.94. The Labute approximate surface area is 147 Å². The zero-order valence-electron chi connectivity index (χ0n) is 14.4. The molecule has 1 atom stereocenters. The number of carbonyl (C=O) groups excluding carboxylic acids is 1. The number of fused-ring (bicyclic) bond motifs is 1. The predicted octanol–water partition coefficient (Wildman–Crippen LogP) is 2.76. The first-order valence-electron chi connectivity index (χ1n) is 8.81. The summed E-state index contributed by atoms with van der Waals surface area (Å²) in [4.78, 5) is 18.7. The number of piperidine rings is 1. The van der Waals surface area contributed by atoms with Gasteiger partial charge in [0.25, 0.3) is 5.91 Å². The normalized spacial score (nSPS) is 20.0. The molecule has 0 bridgehead atoms. The summed E-state index contributed by atoms with van der Waals surface area (Å²) in [6.07, 6.45) is 5.67. The number of ether oxygens (including phenoxy) is 2. The van der Waals surface area contributed by atoms with E-state index in [1.54, 1.807) is 6.20 Å². The maximum absolute atomic E-state index is 12.7. The SMILES string of the molecule is Cc1cnccc1OC1CCN(C(=O)[C@H]2Cc3ccccc3O2)CC1. The van der Waals surface area contributed by atoms with Crippen molar-refractivity contribution in [3.05, 3.63) is 53.9 Å². The minimum atomic E-state index is -0.377. The molecule has 25 heavy (non-hydrogen) atoms. The second-order valence-electron chi connectivity index (χ2n) is 6.70. The van der Waals surface area contributed by atoms with E-state index in [1.165, 1.54) is 0 Å². The minimum Gasteiger partial charge on any atom is -0.490 e. The van der Waals surface area contributed by atoms with Crippen LogP contribution in [-0.4, -0.2) is 41.1 Å². The summed E-state index contributed by atoms with van der Waals surface area (Å²) in [7, 11) is 0. The average molecular weight is 338 g/mol. The number of hydrogen-bond donors (Lipinski definition) is 0. The van der Waals surface area contributed by atoms with E-state index in [1.807, 2.05) is 48.4 Å². The van der Waals surface area contributed by atoms with Gasteiger partial charge in [0.2, 0.25) is 0 Å². The fourth-order valence-corrected chi connectivity index (χ4v) is 3.49. The van der Waals surface area contributed by atoms with E-state index in [0.29, 0.717) is 19.5 Å². The van der Waals surface area contributed by atoms with Gasteiger partial charge in [-0.2, -0.15) is 0 Å². The molecular formula is C20H22N2O3. The van der Waals surface area contributed by atoms with Crippen LogP contribution in [0.3, 0.4) is 0 Å². The van der Waals surface area contributed by atoms with Gasteiger partial charge in [-0.15, -0.1) is 0 Å². The molecule has 130 valence electrons. The Morgan fingerprint density at radius 3 is 2.80 bits per heavy atom. The monoisotopic (exact) mass is 338 g/mol. The number of amides is 1. The number of likely N-dealkylation sites (tertiary alicyclic amines) is 1. The van der Waals surface area contributed by atoms with Crippen LogP contribution in [-0.2, 0) is 11.2 Å². The molecule has 1 saturated heterocycles. The molecule has 2 aliphatic heterocycles. The van der Waals surface area contributed by atoms with Crippen LogP contribution in [0.4, 0.5) is 0 Å². The first kappa shape index (κ1) is 15.9. The van der Waals surface area contributed by atoms with Crippen LogP contribution in [0.2, 0.25) is 0 Å². The molecule has 2 aliphatic rings. The molecule has 0 spiro atoms. The maximum Gasteiger partial charge on any atom is 0.263 e. The highest BCUT2D eigenvalue weighted by Gasteiger charge is 2.34. The van der Waals surface area contributed by atoms with Crippen LogP contribution < -0.4 is 9.47 Å². The van der Waals surface area contributed by atoms with E-state index < -0.39 is 0 Å². The van der Waals surface area contributed by atoms with Crippen LogP contribution in [0.5, 0.6) is 11.5 Å². The Morgan fingerprint density at radius 1 is 1.24 bits per heavy atom. The fourth-order valence-electron chi connectivity index (χ4n) is 3.49. The van der Waals surface area contributed by atoms with Crippen molar-refractivity contribution in [3.63, 3.8) is 0 Å². The molecule has 0 N–H and O–H groups in total. The highest BCUT2D eigenvalue weighted by atomic mass is 16.5. The van der Waals surface area contributed by atoms with E-state index >= 15 is 0 Å². The van der Waals surface area contributed by atoms with Gasteiger partial charge in [0.15, 0.2) is 6.10 Å². The van der Waals surface area contributed by atoms with Gasteiger partial charge in [-0.25, -0.2) is 0 Å². The predicted molar refractivity (Wildman–Crippen MR) is 93.8 cm³/mol. The summed E-state index contributed by atoms with van der Waals surface area (Å²) in [6.45, 7) is 3.42. The molecule has 0 aliphatic carbocycles. The Morgan fingerprint density at radius 2 is 2.04 bits per heavy atom. The summed E-state index contributed by atoms with van der Waals surface area (Å²) in [5.74, 6) is 1.82. The number of pyridine rings is 1. The molecule has 0 saturated carbocycles. The van der Waals surface area contributed by atoms with Gasteiger partial charge >= 0.3 is 0 Å². The first-order chi connectivity index (χ1) is 12.2. The molecule has 5 heteroatoms. The second-order valence-corrected chi connectivity index (χ2v) is 6.70. The smallest absolute Gasteiger partial charge is 0.263 e. The van der Waals surface area contributed by atoms with Crippen molar-refractivity contribution in [2.45, 2.75) is 38.4 Å². The number of hydrogen-bond acceptors (Lipinski definition) is 4. The van der Waals surface area contributed by atoms with Crippen molar-refractivity contribution in [3.8, 4) is 11.5 Å². The number of aryl methyl sites for hydroxylation is 1. The van der Waals surface area contributed by atoms with Crippen molar-refractivity contribution < 1.29 is 14.3 Å². The lowest BCUT2D eigenvalue weighted by Gasteiger charge is -2.33. The largest absolute Gasteiger partial charge is 0.490 e. The van der Waals surface area contributed by atoms with Gasteiger partial charge in [-0.1, -0.05) is 18.2 Å². The van der Waals surface area contributed by atoms with E-state index in [2.05, 4.69) is 4.98 Å². The average Bonchev–Trinajstić information content (AvgIpc) is 3.08. The van der Waals surface area contributed by atoms with Gasteiger partial charge in [-0.05, 0) is 24.6 Å². The minimum absolute atomic E-state index is 0.0924. The fraction of sp³-hybridized carbons (Fsp3) is 0.400. The first-order valence-corrected chi connectivity index (χ1v) is 8.81. The molecule has 3 heterocycles. The van der Waals surface area contributed by atoms with Gasteiger partial charge in [0.05, 0.1) is 0 Å². The summed E-state index contributed by atoms with van der Waals surface area (Å²) in [5, 5.41) is 0.